The third-order valence-electron chi connectivity index (χ3n) is 4.83. The fourth-order valence-electron chi connectivity index (χ4n) is 3.18. The van der Waals surface area contributed by atoms with E-state index in [0.29, 0.717) is 38.8 Å². The van der Waals surface area contributed by atoms with E-state index >= 15 is 0 Å². The van der Waals surface area contributed by atoms with E-state index in [2.05, 4.69) is 20.8 Å². The molecule has 0 spiro atoms. The number of aromatic amines is 1. The molecule has 0 aliphatic heterocycles. The number of furan rings is 1. The summed E-state index contributed by atoms with van der Waals surface area (Å²) in [5, 5.41) is 9.68. The zero-order valence-electron chi connectivity index (χ0n) is 17.7. The first kappa shape index (κ1) is 21.7. The van der Waals surface area contributed by atoms with Gasteiger partial charge in [-0.05, 0) is 58.5 Å². The monoisotopic (exact) mass is 494 g/mol. The van der Waals surface area contributed by atoms with Gasteiger partial charge in [0, 0.05) is 28.1 Å². The number of anilines is 1. The summed E-state index contributed by atoms with van der Waals surface area (Å²) < 4.78 is 17.5. The van der Waals surface area contributed by atoms with Crippen molar-refractivity contribution in [2.45, 2.75) is 0 Å². The van der Waals surface area contributed by atoms with Gasteiger partial charge in [-0.2, -0.15) is 5.10 Å². The summed E-state index contributed by atoms with van der Waals surface area (Å²) in [4.78, 5) is 16.8. The molecule has 0 aliphatic carbocycles. The summed E-state index contributed by atoms with van der Waals surface area (Å²) in [5.41, 5.74) is 4.62. The quantitative estimate of drug-likeness (QED) is 0.192. The molecular formula is C23H17ClN5O4S+. The van der Waals surface area contributed by atoms with Crippen LogP contribution in [0.2, 0.25) is 5.02 Å². The highest BCUT2D eigenvalue weighted by molar-refractivity contribution is 7.14. The number of hydrogen-bond acceptors (Lipinski definition) is 8. The highest BCUT2D eigenvalue weighted by Gasteiger charge is 2.27. The maximum Gasteiger partial charge on any atom is 0.437 e. The summed E-state index contributed by atoms with van der Waals surface area (Å²) >= 11 is 7.23. The van der Waals surface area contributed by atoms with Gasteiger partial charge in [0.05, 0.1) is 13.3 Å². The zero-order valence-corrected chi connectivity index (χ0v) is 19.3. The molecule has 3 aromatic heterocycles. The maximum atomic E-state index is 12.3. The molecule has 5 rings (SSSR count). The van der Waals surface area contributed by atoms with Crippen LogP contribution in [0, 0.1) is 0 Å². The fourth-order valence-corrected chi connectivity index (χ4v) is 3.95. The van der Waals surface area contributed by atoms with Crippen LogP contribution >= 0.6 is 22.9 Å². The van der Waals surface area contributed by atoms with Gasteiger partial charge in [0.2, 0.25) is 10.8 Å². The maximum absolute atomic E-state index is 12.3. The Bertz CT molecular complexity index is 1500. The third-order valence-corrected chi connectivity index (χ3v) is 5.83. The lowest BCUT2D eigenvalue weighted by atomic mass is 10.2. The number of rotatable bonds is 7. The largest absolute Gasteiger partial charge is 0.497 e. The number of hydrazone groups is 1. The molecule has 34 heavy (non-hydrogen) atoms. The molecule has 0 saturated heterocycles. The van der Waals surface area contributed by atoms with Crippen molar-refractivity contribution < 1.29 is 18.4 Å². The van der Waals surface area contributed by atoms with Gasteiger partial charge in [-0.1, -0.05) is 11.6 Å². The molecule has 2 aromatic carbocycles. The van der Waals surface area contributed by atoms with Crippen molar-refractivity contribution >= 4 is 34.3 Å². The van der Waals surface area contributed by atoms with Gasteiger partial charge in [0.15, 0.2) is 5.69 Å². The Labute approximate surface area is 201 Å². The number of aromatic nitrogens is 3. The molecule has 2 N–H and O–H groups in total. The molecule has 3 heterocycles. The number of nitrogens with one attached hydrogen (secondary N) is 2. The number of benzene rings is 2. The van der Waals surface area contributed by atoms with Crippen molar-refractivity contribution in [3.8, 4) is 34.1 Å². The Hall–Kier alpha value is -4.15. The number of thiazole rings is 1. The summed E-state index contributed by atoms with van der Waals surface area (Å²) in [6, 6.07) is 18.2. The first-order valence-corrected chi connectivity index (χ1v) is 11.3. The summed E-state index contributed by atoms with van der Waals surface area (Å²) in [7, 11) is 1.59. The standard InChI is InChI=1S/C23H16ClN5O4S/c1-31-17-8-6-16(7-9-17)29-21(22(30)33-28-29)19-13-34-23(26-19)27-25-12-18-10-11-20(32-18)14-2-4-15(24)5-3-14/h2-13H,1H3,(H-,26,27,28,30)/p+1/b25-12+. The molecule has 5 aromatic rings. The Morgan fingerprint density at radius 1 is 1.15 bits per heavy atom. The second-order valence-corrected chi connectivity index (χ2v) is 8.27. The lowest BCUT2D eigenvalue weighted by Gasteiger charge is -1.97. The third kappa shape index (κ3) is 4.49. The van der Waals surface area contributed by atoms with Gasteiger partial charge < -0.3 is 9.15 Å². The van der Waals surface area contributed by atoms with E-state index in [0.717, 1.165) is 5.56 Å². The Morgan fingerprint density at radius 3 is 2.71 bits per heavy atom. The van der Waals surface area contributed by atoms with Crippen LogP contribution in [0.1, 0.15) is 5.76 Å². The molecule has 9 nitrogen and oxygen atoms in total. The molecule has 11 heteroatoms. The lowest BCUT2D eigenvalue weighted by molar-refractivity contribution is -0.660. The van der Waals surface area contributed by atoms with Crippen LogP contribution in [0.4, 0.5) is 5.13 Å². The van der Waals surface area contributed by atoms with E-state index in [-0.39, 0.29) is 5.69 Å². The van der Waals surface area contributed by atoms with Gasteiger partial charge in [-0.15, -0.1) is 11.3 Å². The van der Waals surface area contributed by atoms with Crippen molar-refractivity contribution in [2.75, 3.05) is 12.5 Å². The summed E-state index contributed by atoms with van der Waals surface area (Å²) in [6.45, 7) is 0. The van der Waals surface area contributed by atoms with Gasteiger partial charge in [-0.25, -0.2) is 9.78 Å². The minimum Gasteiger partial charge on any atom is -0.497 e. The van der Waals surface area contributed by atoms with E-state index in [4.69, 9.17) is 25.3 Å². The van der Waals surface area contributed by atoms with Crippen LogP contribution in [0.15, 0.2) is 84.9 Å². The predicted octanol–water partition coefficient (Wildman–Crippen LogP) is 4.74. The first-order valence-electron chi connectivity index (χ1n) is 9.99. The van der Waals surface area contributed by atoms with Crippen LogP contribution < -0.4 is 20.5 Å². The molecule has 0 aliphatic rings. The van der Waals surface area contributed by atoms with E-state index in [1.165, 1.54) is 16.0 Å². The Kier molecular flexibility index (Phi) is 5.98. The average Bonchev–Trinajstić information content (AvgIpc) is 3.60. The number of H-pyrrole nitrogens is 1. The minimum absolute atomic E-state index is 0.261. The molecule has 0 saturated carbocycles. The first-order chi connectivity index (χ1) is 16.6. The highest BCUT2D eigenvalue weighted by atomic mass is 35.5. The Balaban J connectivity index is 1.31. The number of methoxy groups -OCH3 is 1. The normalized spacial score (nSPS) is 11.2. The molecule has 0 bridgehead atoms. The molecule has 0 amide bonds. The van der Waals surface area contributed by atoms with Crippen LogP contribution in [-0.2, 0) is 0 Å². The molecule has 0 atom stereocenters. The fraction of sp³-hybridized carbons (Fsp3) is 0.0435. The number of hydrogen-bond donors (Lipinski definition) is 2. The van der Waals surface area contributed by atoms with Crippen molar-refractivity contribution in [3.05, 3.63) is 87.2 Å². The number of halogens is 1. The second-order valence-electron chi connectivity index (χ2n) is 6.98. The van der Waals surface area contributed by atoms with Gasteiger partial charge >= 0.3 is 11.3 Å². The highest BCUT2D eigenvalue weighted by Crippen LogP contribution is 2.24. The molecule has 170 valence electrons. The van der Waals surface area contributed by atoms with Crippen LogP contribution in [0.5, 0.6) is 5.75 Å². The van der Waals surface area contributed by atoms with Crippen molar-refractivity contribution in [3.63, 3.8) is 0 Å². The Morgan fingerprint density at radius 2 is 1.94 bits per heavy atom. The van der Waals surface area contributed by atoms with Crippen LogP contribution in [0.25, 0.3) is 28.4 Å². The average molecular weight is 495 g/mol. The molecule has 0 radical (unpaired) electrons. The minimum atomic E-state index is -0.540. The predicted molar refractivity (Wildman–Crippen MR) is 129 cm³/mol. The van der Waals surface area contributed by atoms with E-state index in [1.54, 1.807) is 55.1 Å². The molecule has 0 unspecified atom stereocenters. The molecular weight excluding hydrogens is 478 g/mol. The van der Waals surface area contributed by atoms with Crippen LogP contribution in [0.3, 0.4) is 0 Å². The summed E-state index contributed by atoms with van der Waals surface area (Å²) in [6.07, 6.45) is 1.54. The van der Waals surface area contributed by atoms with E-state index in [1.807, 2.05) is 24.3 Å². The van der Waals surface area contributed by atoms with Crippen molar-refractivity contribution in [2.24, 2.45) is 5.10 Å². The van der Waals surface area contributed by atoms with E-state index < -0.39 is 5.63 Å². The molecule has 0 fully saturated rings. The van der Waals surface area contributed by atoms with Gasteiger partial charge in [0.1, 0.15) is 17.3 Å². The number of ether oxygens (including phenoxy) is 1. The van der Waals surface area contributed by atoms with E-state index in [9.17, 15) is 4.79 Å². The number of nitrogens with zero attached hydrogens (tertiary/aromatic N) is 3. The SMILES string of the molecule is COc1ccc(-[n+]2[nH]oc(=O)c2-c2csc(N/N=C/c3ccc(-c4ccc(Cl)cc4)o3)n2)cc1. The lowest BCUT2D eigenvalue weighted by Crippen LogP contribution is -2.36. The van der Waals surface area contributed by atoms with Crippen molar-refractivity contribution in [1.82, 2.24) is 10.3 Å². The summed E-state index contributed by atoms with van der Waals surface area (Å²) in [5.74, 6) is 1.97. The smallest absolute Gasteiger partial charge is 0.437 e. The van der Waals surface area contributed by atoms with Gasteiger partial charge in [-0.3, -0.25) is 9.95 Å². The van der Waals surface area contributed by atoms with Gasteiger partial charge in [0.25, 0.3) is 0 Å². The zero-order chi connectivity index (χ0) is 23.5. The van der Waals surface area contributed by atoms with Crippen LogP contribution in [-0.4, -0.2) is 23.6 Å². The topological polar surface area (TPSA) is 110 Å². The second kappa shape index (κ2) is 9.38. The van der Waals surface area contributed by atoms with Crippen molar-refractivity contribution in [1.29, 1.82) is 0 Å².